The average Bonchev–Trinajstić information content (AvgIpc) is 2.03. The first-order valence-electron chi connectivity index (χ1n) is 3.14. The Morgan fingerprint density at radius 3 is 2.38 bits per heavy atom. The summed E-state index contributed by atoms with van der Waals surface area (Å²) in [5, 5.41) is 10.4. The molecule has 0 radical (unpaired) electrons. The van der Waals surface area contributed by atoms with Crippen molar-refractivity contribution >= 4 is 25.6 Å². The first kappa shape index (κ1) is 10.0. The summed E-state index contributed by atoms with van der Waals surface area (Å²) in [5.74, 6) is 0. The second-order valence-electron chi connectivity index (χ2n) is 2.20. The summed E-state index contributed by atoms with van der Waals surface area (Å²) in [6, 6.07) is 5.14. The van der Waals surface area contributed by atoms with Crippen LogP contribution in [0, 0.1) is 10.1 Å². The summed E-state index contributed by atoms with van der Waals surface area (Å²) in [6.07, 6.45) is 0. The molecule has 1 atom stereocenters. The van der Waals surface area contributed by atoms with Crippen LogP contribution in [0.5, 0.6) is 0 Å². The van der Waals surface area contributed by atoms with Crippen LogP contribution < -0.4 is 0 Å². The van der Waals surface area contributed by atoms with E-state index >= 15 is 0 Å². The van der Waals surface area contributed by atoms with E-state index in [1.165, 1.54) is 18.2 Å². The highest BCUT2D eigenvalue weighted by Gasteiger charge is 2.19. The molecule has 1 aromatic rings. The maximum Gasteiger partial charge on any atom is 0.288 e. The van der Waals surface area contributed by atoms with Crippen LogP contribution in [0.2, 0.25) is 0 Å². The molecule has 0 fully saturated rings. The number of hydrogen-bond acceptors (Lipinski definition) is 4. The molecule has 70 valence electrons. The van der Waals surface area contributed by atoms with Crippen molar-refractivity contribution in [2.45, 2.75) is 4.90 Å². The normalized spacial score (nSPS) is 14.8. The summed E-state index contributed by atoms with van der Waals surface area (Å²) in [5.41, 5.74) is -0.426. The topological polar surface area (TPSA) is 80.4 Å². The lowest BCUT2D eigenvalue weighted by Gasteiger charge is -1.99. The van der Waals surface area contributed by atoms with Crippen molar-refractivity contribution in [1.29, 1.82) is 0 Å². The molecular weight excluding hydrogens is 214 g/mol. The predicted octanol–water partition coefficient (Wildman–Crippen LogP) is 1.17. The Bertz CT molecular complexity index is 440. The number of rotatable bonds is 2. The highest BCUT2D eigenvalue weighted by Crippen LogP contribution is 2.22. The molecule has 0 saturated heterocycles. The van der Waals surface area contributed by atoms with E-state index in [9.17, 15) is 14.3 Å². The van der Waals surface area contributed by atoms with Crippen LogP contribution in [0.15, 0.2) is 29.2 Å². The zero-order valence-corrected chi connectivity index (χ0v) is 7.88. The fourth-order valence-corrected chi connectivity index (χ4v) is 1.91. The van der Waals surface area contributed by atoms with Crippen molar-refractivity contribution < 1.29 is 13.7 Å². The van der Waals surface area contributed by atoms with Crippen LogP contribution in [-0.4, -0.2) is 13.7 Å². The van der Waals surface area contributed by atoms with Gasteiger partial charge in [0.05, 0.1) is 4.92 Å². The van der Waals surface area contributed by atoms with E-state index in [0.717, 1.165) is 6.07 Å². The van der Waals surface area contributed by atoms with Gasteiger partial charge in [0.2, 0.25) is 0 Å². The highest BCUT2D eigenvalue weighted by molar-refractivity contribution is 8.29. The van der Waals surface area contributed by atoms with E-state index in [1.807, 2.05) is 0 Å². The molecule has 0 heterocycles. The average molecular weight is 219 g/mol. The molecule has 0 aliphatic heterocycles. The predicted molar refractivity (Wildman–Crippen MR) is 49.5 cm³/mol. The summed E-state index contributed by atoms with van der Waals surface area (Å²) >= 11 is 4.24. The van der Waals surface area contributed by atoms with E-state index in [4.69, 9.17) is 4.55 Å². The van der Waals surface area contributed by atoms with Gasteiger partial charge in [-0.2, -0.15) is 0 Å². The van der Waals surface area contributed by atoms with Crippen molar-refractivity contribution in [3.63, 3.8) is 0 Å². The maximum absolute atomic E-state index is 11.0. The lowest BCUT2D eigenvalue weighted by atomic mass is 10.3. The number of nitro groups is 1. The summed E-state index contributed by atoms with van der Waals surface area (Å²) in [4.78, 5) is 9.33. The van der Waals surface area contributed by atoms with Gasteiger partial charge in [-0.15, -0.1) is 0 Å². The molecule has 1 N–H and O–H groups in total. The van der Waals surface area contributed by atoms with Crippen LogP contribution in [0.3, 0.4) is 0 Å². The van der Waals surface area contributed by atoms with Gasteiger partial charge < -0.3 is 4.55 Å². The lowest BCUT2D eigenvalue weighted by Crippen LogP contribution is -2.01. The van der Waals surface area contributed by atoms with E-state index in [2.05, 4.69) is 11.2 Å². The zero-order valence-electron chi connectivity index (χ0n) is 6.25. The van der Waals surface area contributed by atoms with Gasteiger partial charge in [0.1, 0.15) is 4.90 Å². The molecule has 5 nitrogen and oxygen atoms in total. The number of nitro benzene ring substituents is 1. The molecule has 0 aliphatic carbocycles. The van der Waals surface area contributed by atoms with Gasteiger partial charge in [-0.3, -0.25) is 10.1 Å². The van der Waals surface area contributed by atoms with Crippen molar-refractivity contribution in [1.82, 2.24) is 0 Å². The second kappa shape index (κ2) is 3.36. The third-order valence-corrected chi connectivity index (χ3v) is 2.78. The monoisotopic (exact) mass is 219 g/mol. The number of para-hydroxylation sites is 1. The molecule has 0 aromatic heterocycles. The Morgan fingerprint density at radius 2 is 2.00 bits per heavy atom. The van der Waals surface area contributed by atoms with Crippen LogP contribution in [-0.2, 0) is 20.0 Å². The van der Waals surface area contributed by atoms with Gasteiger partial charge in [0, 0.05) is 17.3 Å². The third kappa shape index (κ3) is 2.20. The van der Waals surface area contributed by atoms with Gasteiger partial charge in [0.15, 0.2) is 8.77 Å². The van der Waals surface area contributed by atoms with Crippen LogP contribution in [0.4, 0.5) is 5.69 Å². The largest absolute Gasteiger partial charge is 0.302 e. The zero-order chi connectivity index (χ0) is 10.1. The first-order chi connectivity index (χ1) is 5.93. The molecule has 0 bridgehead atoms. The van der Waals surface area contributed by atoms with E-state index < -0.39 is 19.4 Å². The molecule has 7 heteroatoms. The SMILES string of the molecule is O=[N+]([O-])c1ccccc1S(=O)(O)=S. The smallest absolute Gasteiger partial charge is 0.288 e. The Hall–Kier alpha value is -1.05. The van der Waals surface area contributed by atoms with E-state index in [0.29, 0.717) is 0 Å². The molecule has 0 aliphatic rings. The quantitative estimate of drug-likeness (QED) is 0.596. The molecule has 0 spiro atoms. The van der Waals surface area contributed by atoms with E-state index in [-0.39, 0.29) is 4.90 Å². The summed E-state index contributed by atoms with van der Waals surface area (Å²) in [6.45, 7) is 0. The van der Waals surface area contributed by atoms with Crippen molar-refractivity contribution in [3.05, 3.63) is 34.4 Å². The highest BCUT2D eigenvalue weighted by atomic mass is 32.8. The Balaban J connectivity index is 3.46. The molecule has 1 aromatic carbocycles. The summed E-state index contributed by atoms with van der Waals surface area (Å²) in [7, 11) is -3.69. The minimum absolute atomic E-state index is 0.324. The molecule has 1 unspecified atom stereocenters. The first-order valence-corrected chi connectivity index (χ1v) is 5.58. The Morgan fingerprint density at radius 1 is 1.46 bits per heavy atom. The molecule has 13 heavy (non-hydrogen) atoms. The van der Waals surface area contributed by atoms with Crippen molar-refractivity contribution in [3.8, 4) is 0 Å². The Labute approximate surface area is 79.0 Å². The van der Waals surface area contributed by atoms with Crippen LogP contribution in [0.1, 0.15) is 0 Å². The van der Waals surface area contributed by atoms with Crippen molar-refractivity contribution in [2.24, 2.45) is 0 Å². The van der Waals surface area contributed by atoms with Gasteiger partial charge in [-0.25, -0.2) is 4.21 Å². The maximum atomic E-state index is 11.0. The van der Waals surface area contributed by atoms with Gasteiger partial charge >= 0.3 is 0 Å². The molecule has 1 rings (SSSR count). The van der Waals surface area contributed by atoms with E-state index in [1.54, 1.807) is 0 Å². The number of nitrogens with zero attached hydrogens (tertiary/aromatic N) is 1. The molecular formula is C6H5NO4S2. The van der Waals surface area contributed by atoms with Gasteiger partial charge in [-0.1, -0.05) is 12.1 Å². The second-order valence-corrected chi connectivity index (χ2v) is 4.95. The minimum Gasteiger partial charge on any atom is -0.302 e. The third-order valence-electron chi connectivity index (χ3n) is 1.34. The molecule has 0 saturated carbocycles. The Kier molecular flexibility index (Phi) is 2.60. The minimum atomic E-state index is -3.69. The number of hydrogen-bond donors (Lipinski definition) is 1. The van der Waals surface area contributed by atoms with Crippen molar-refractivity contribution in [2.75, 3.05) is 0 Å². The fraction of sp³-hybridized carbons (Fsp3) is 0. The standard InChI is InChI=1S/C6H5NO4S2/c8-7(9)5-3-1-2-4-6(5)13(10,11)12/h1-4H,(H,10,11,12). The van der Waals surface area contributed by atoms with Gasteiger partial charge in [0.25, 0.3) is 5.69 Å². The number of benzene rings is 1. The lowest BCUT2D eigenvalue weighted by molar-refractivity contribution is -0.387. The van der Waals surface area contributed by atoms with Crippen LogP contribution in [0.25, 0.3) is 0 Å². The van der Waals surface area contributed by atoms with Gasteiger partial charge in [-0.05, 0) is 6.07 Å². The van der Waals surface area contributed by atoms with Crippen LogP contribution >= 0.6 is 0 Å². The molecule has 0 amide bonds. The summed E-state index contributed by atoms with van der Waals surface area (Å²) < 4.78 is 19.9. The fourth-order valence-electron chi connectivity index (χ4n) is 0.826.